The van der Waals surface area contributed by atoms with E-state index in [0.29, 0.717) is 6.42 Å². The maximum absolute atomic E-state index is 11.0. The molecule has 5 nitrogen and oxygen atoms in total. The molecule has 0 radical (unpaired) electrons. The second kappa shape index (κ2) is 5.40. The van der Waals surface area contributed by atoms with Crippen molar-refractivity contribution in [3.8, 4) is 0 Å². The fourth-order valence-electron chi connectivity index (χ4n) is 0.728. The number of ether oxygens (including phenoxy) is 1. The lowest BCUT2D eigenvalue weighted by Gasteiger charge is -2.13. The number of amides is 2. The number of nitrogens with one attached hydrogen (secondary N) is 2. The van der Waals surface area contributed by atoms with Gasteiger partial charge in [0.15, 0.2) is 0 Å². The molecule has 0 aliphatic rings. The summed E-state index contributed by atoms with van der Waals surface area (Å²) in [4.78, 5) is 21.7. The molecule has 2 amide bonds. The Bertz CT molecular complexity index is 170. The molecule has 0 saturated heterocycles. The molecular formula is C7H14N2O3. The fourth-order valence-corrected chi connectivity index (χ4v) is 0.728. The van der Waals surface area contributed by atoms with Crippen molar-refractivity contribution in [2.75, 3.05) is 14.2 Å². The van der Waals surface area contributed by atoms with E-state index in [-0.39, 0.29) is 5.91 Å². The number of likely N-dealkylation sites (N-methyl/N-ethyl adjacent to an activating group) is 1. The van der Waals surface area contributed by atoms with Gasteiger partial charge in [-0.15, -0.1) is 0 Å². The van der Waals surface area contributed by atoms with Crippen LogP contribution < -0.4 is 10.6 Å². The van der Waals surface area contributed by atoms with E-state index in [1.807, 2.05) is 0 Å². The number of methoxy groups -OCH3 is 1. The van der Waals surface area contributed by atoms with Crippen LogP contribution in [0.2, 0.25) is 0 Å². The quantitative estimate of drug-likeness (QED) is 0.626. The van der Waals surface area contributed by atoms with Crippen molar-refractivity contribution in [1.29, 1.82) is 0 Å². The van der Waals surface area contributed by atoms with E-state index < -0.39 is 12.1 Å². The van der Waals surface area contributed by atoms with E-state index in [2.05, 4.69) is 15.4 Å². The van der Waals surface area contributed by atoms with E-state index >= 15 is 0 Å². The molecule has 0 heterocycles. The zero-order valence-corrected chi connectivity index (χ0v) is 7.51. The summed E-state index contributed by atoms with van der Waals surface area (Å²) in [6.07, 6.45) is -0.0557. The largest absolute Gasteiger partial charge is 0.453 e. The van der Waals surface area contributed by atoms with Crippen LogP contribution in [0.4, 0.5) is 4.79 Å². The fraction of sp³-hybridized carbons (Fsp3) is 0.714. The Morgan fingerprint density at radius 3 is 2.42 bits per heavy atom. The molecule has 0 aromatic rings. The molecule has 1 atom stereocenters. The summed E-state index contributed by atoms with van der Waals surface area (Å²) in [5, 5.41) is 4.83. The van der Waals surface area contributed by atoms with Gasteiger partial charge < -0.3 is 15.4 Å². The third kappa shape index (κ3) is 3.23. The van der Waals surface area contributed by atoms with E-state index in [1.165, 1.54) is 14.2 Å². The summed E-state index contributed by atoms with van der Waals surface area (Å²) in [5.41, 5.74) is 0. The molecule has 0 aliphatic heterocycles. The lowest BCUT2D eigenvalue weighted by molar-refractivity contribution is -0.122. The zero-order chi connectivity index (χ0) is 9.56. The molecule has 70 valence electrons. The number of carbonyl (C=O) groups is 2. The minimum absolute atomic E-state index is 0.220. The molecule has 0 spiro atoms. The Morgan fingerprint density at radius 1 is 1.50 bits per heavy atom. The Hall–Kier alpha value is -1.26. The van der Waals surface area contributed by atoms with Crippen LogP contribution in [0.1, 0.15) is 13.3 Å². The molecule has 0 aliphatic carbocycles. The first kappa shape index (κ1) is 10.7. The first-order valence-electron chi connectivity index (χ1n) is 3.71. The number of alkyl carbamates (subject to hydrolysis) is 1. The molecule has 0 fully saturated rings. The molecule has 0 bridgehead atoms. The van der Waals surface area contributed by atoms with E-state index in [4.69, 9.17) is 0 Å². The van der Waals surface area contributed by atoms with Crippen LogP contribution in [0.15, 0.2) is 0 Å². The van der Waals surface area contributed by atoms with Crippen LogP contribution in [0, 0.1) is 0 Å². The number of carbonyl (C=O) groups excluding carboxylic acids is 2. The van der Waals surface area contributed by atoms with Crippen LogP contribution >= 0.6 is 0 Å². The Labute approximate surface area is 71.5 Å². The van der Waals surface area contributed by atoms with Gasteiger partial charge in [-0.3, -0.25) is 4.79 Å². The summed E-state index contributed by atoms with van der Waals surface area (Å²) in [7, 11) is 2.77. The van der Waals surface area contributed by atoms with Gasteiger partial charge in [0.25, 0.3) is 0 Å². The van der Waals surface area contributed by atoms with Crippen LogP contribution in [-0.2, 0) is 9.53 Å². The average Bonchev–Trinajstić information content (AvgIpc) is 2.12. The minimum Gasteiger partial charge on any atom is -0.453 e. The summed E-state index contributed by atoms with van der Waals surface area (Å²) < 4.78 is 4.35. The molecule has 1 unspecified atom stereocenters. The highest BCUT2D eigenvalue weighted by atomic mass is 16.5. The highest BCUT2D eigenvalue weighted by Gasteiger charge is 2.16. The van der Waals surface area contributed by atoms with Crippen molar-refractivity contribution in [3.63, 3.8) is 0 Å². The maximum atomic E-state index is 11.0. The second-order valence-electron chi connectivity index (χ2n) is 2.21. The lowest BCUT2D eigenvalue weighted by atomic mass is 10.2. The molecule has 0 aromatic carbocycles. The monoisotopic (exact) mass is 174 g/mol. The van der Waals surface area contributed by atoms with Gasteiger partial charge in [0.2, 0.25) is 5.91 Å². The molecular weight excluding hydrogens is 160 g/mol. The van der Waals surface area contributed by atoms with Gasteiger partial charge >= 0.3 is 6.09 Å². The topological polar surface area (TPSA) is 67.4 Å². The van der Waals surface area contributed by atoms with Crippen LogP contribution in [0.5, 0.6) is 0 Å². The molecule has 5 heteroatoms. The number of hydrogen-bond acceptors (Lipinski definition) is 3. The van der Waals surface area contributed by atoms with Crippen molar-refractivity contribution in [2.24, 2.45) is 0 Å². The molecule has 12 heavy (non-hydrogen) atoms. The SMILES string of the molecule is CCC(NC(=O)OC)C(=O)NC. The number of hydrogen-bond donors (Lipinski definition) is 2. The molecule has 0 saturated carbocycles. The number of rotatable bonds is 3. The Kier molecular flexibility index (Phi) is 4.83. The summed E-state index contributed by atoms with van der Waals surface area (Å²) >= 11 is 0. The normalized spacial score (nSPS) is 11.6. The first-order chi connectivity index (χ1) is 5.65. The first-order valence-corrected chi connectivity index (χ1v) is 3.71. The summed E-state index contributed by atoms with van der Waals surface area (Å²) in [6, 6.07) is -0.512. The lowest BCUT2D eigenvalue weighted by Crippen LogP contribution is -2.45. The van der Waals surface area contributed by atoms with Crippen molar-refractivity contribution >= 4 is 12.0 Å². The van der Waals surface area contributed by atoms with Gasteiger partial charge in [-0.05, 0) is 6.42 Å². The molecule has 2 N–H and O–H groups in total. The van der Waals surface area contributed by atoms with Crippen LogP contribution in [-0.4, -0.2) is 32.2 Å². The van der Waals surface area contributed by atoms with Gasteiger partial charge in [0, 0.05) is 7.05 Å². The van der Waals surface area contributed by atoms with Gasteiger partial charge in [-0.2, -0.15) is 0 Å². The summed E-state index contributed by atoms with van der Waals surface area (Å²) in [5.74, 6) is -0.220. The van der Waals surface area contributed by atoms with Gasteiger partial charge in [0.05, 0.1) is 7.11 Å². The van der Waals surface area contributed by atoms with Gasteiger partial charge in [-0.1, -0.05) is 6.92 Å². The molecule has 0 rings (SSSR count). The highest BCUT2D eigenvalue weighted by molar-refractivity contribution is 5.85. The van der Waals surface area contributed by atoms with E-state index in [9.17, 15) is 9.59 Å². The summed E-state index contributed by atoms with van der Waals surface area (Å²) in [6.45, 7) is 1.80. The third-order valence-corrected chi connectivity index (χ3v) is 1.45. The van der Waals surface area contributed by atoms with Crippen molar-refractivity contribution in [1.82, 2.24) is 10.6 Å². The van der Waals surface area contributed by atoms with Crippen molar-refractivity contribution in [3.05, 3.63) is 0 Å². The zero-order valence-electron chi connectivity index (χ0n) is 7.51. The second-order valence-corrected chi connectivity index (χ2v) is 2.21. The smallest absolute Gasteiger partial charge is 0.407 e. The predicted molar refractivity (Wildman–Crippen MR) is 43.7 cm³/mol. The minimum atomic E-state index is -0.592. The highest BCUT2D eigenvalue weighted by Crippen LogP contribution is 1.90. The van der Waals surface area contributed by atoms with E-state index in [0.717, 1.165) is 0 Å². The van der Waals surface area contributed by atoms with Crippen molar-refractivity contribution in [2.45, 2.75) is 19.4 Å². The Morgan fingerprint density at radius 2 is 2.08 bits per heavy atom. The van der Waals surface area contributed by atoms with Crippen LogP contribution in [0.25, 0.3) is 0 Å². The molecule has 0 aromatic heterocycles. The Balaban J connectivity index is 3.99. The van der Waals surface area contributed by atoms with E-state index in [1.54, 1.807) is 6.92 Å². The van der Waals surface area contributed by atoms with Crippen LogP contribution in [0.3, 0.4) is 0 Å². The third-order valence-electron chi connectivity index (χ3n) is 1.45. The predicted octanol–water partition coefficient (Wildman–Crippen LogP) is -0.133. The van der Waals surface area contributed by atoms with Crippen molar-refractivity contribution < 1.29 is 14.3 Å². The average molecular weight is 174 g/mol. The maximum Gasteiger partial charge on any atom is 0.407 e. The van der Waals surface area contributed by atoms with Gasteiger partial charge in [-0.25, -0.2) is 4.79 Å². The standard InChI is InChI=1S/C7H14N2O3/c1-4-5(6(10)8-2)9-7(11)12-3/h5H,4H2,1-3H3,(H,8,10)(H,9,11). The van der Waals surface area contributed by atoms with Gasteiger partial charge in [0.1, 0.15) is 6.04 Å².